The molecular weight excluding hydrogens is 463 g/mol. The van der Waals surface area contributed by atoms with Gasteiger partial charge in [0.2, 0.25) is 0 Å². The van der Waals surface area contributed by atoms with Crippen molar-refractivity contribution in [2.24, 2.45) is 0 Å². The molecule has 0 saturated heterocycles. The van der Waals surface area contributed by atoms with Crippen molar-refractivity contribution in [3.63, 3.8) is 0 Å². The van der Waals surface area contributed by atoms with Gasteiger partial charge in [0, 0.05) is 33.7 Å². The Morgan fingerprint density at radius 2 is 1.64 bits per heavy atom. The number of hydrogen-bond donors (Lipinski definition) is 0. The summed E-state index contributed by atoms with van der Waals surface area (Å²) < 4.78 is 8.15. The lowest BCUT2D eigenvalue weighted by Crippen LogP contribution is -2.24. The molecule has 0 aliphatic carbocycles. The van der Waals surface area contributed by atoms with Crippen LogP contribution in [0, 0.1) is 0 Å². The number of aromatic nitrogens is 4. The van der Waals surface area contributed by atoms with E-state index in [0.29, 0.717) is 26.7 Å². The molecule has 5 aromatic rings. The standard InChI is InChI=1S/C24H16Cl2N4O3/c1-2-33-24(32)18-11-27-21-20-19(14-3-5-15(25)6-4-14)12-29(17-9-7-16(26)8-10-17)22(20)28-13-30(21)23(18)31/h3-13H,2H2,1H3. The first-order valence-corrected chi connectivity index (χ1v) is 10.8. The first-order valence-electron chi connectivity index (χ1n) is 10.1. The highest BCUT2D eigenvalue weighted by Gasteiger charge is 2.20. The molecule has 0 radical (unpaired) electrons. The number of esters is 1. The summed E-state index contributed by atoms with van der Waals surface area (Å²) in [4.78, 5) is 34.2. The van der Waals surface area contributed by atoms with Crippen LogP contribution in [0.1, 0.15) is 17.3 Å². The molecule has 0 aliphatic rings. The summed E-state index contributed by atoms with van der Waals surface area (Å²) in [6.45, 7) is 1.83. The van der Waals surface area contributed by atoms with E-state index in [1.807, 2.05) is 35.0 Å². The molecule has 164 valence electrons. The molecule has 3 heterocycles. The molecule has 33 heavy (non-hydrogen) atoms. The van der Waals surface area contributed by atoms with Crippen LogP contribution in [0.5, 0.6) is 0 Å². The third kappa shape index (κ3) is 3.65. The van der Waals surface area contributed by atoms with Gasteiger partial charge in [0.05, 0.1) is 12.0 Å². The molecule has 9 heteroatoms. The van der Waals surface area contributed by atoms with Gasteiger partial charge in [-0.15, -0.1) is 0 Å². The van der Waals surface area contributed by atoms with Crippen molar-refractivity contribution < 1.29 is 9.53 Å². The number of fused-ring (bicyclic) bond motifs is 3. The van der Waals surface area contributed by atoms with E-state index in [4.69, 9.17) is 27.9 Å². The summed E-state index contributed by atoms with van der Waals surface area (Å²) in [6.07, 6.45) is 4.55. The van der Waals surface area contributed by atoms with Crippen LogP contribution in [0.3, 0.4) is 0 Å². The van der Waals surface area contributed by atoms with E-state index in [1.54, 1.807) is 31.2 Å². The third-order valence-corrected chi connectivity index (χ3v) is 5.75. The van der Waals surface area contributed by atoms with E-state index in [9.17, 15) is 9.59 Å². The van der Waals surface area contributed by atoms with Gasteiger partial charge in [0.15, 0.2) is 11.3 Å². The Morgan fingerprint density at radius 1 is 0.970 bits per heavy atom. The Balaban J connectivity index is 1.84. The molecule has 0 unspecified atom stereocenters. The van der Waals surface area contributed by atoms with Crippen LogP contribution in [0.15, 0.2) is 72.0 Å². The molecule has 0 amide bonds. The minimum Gasteiger partial charge on any atom is -0.462 e. The maximum absolute atomic E-state index is 13.0. The predicted molar refractivity (Wildman–Crippen MR) is 128 cm³/mol. The summed E-state index contributed by atoms with van der Waals surface area (Å²) in [7, 11) is 0. The van der Waals surface area contributed by atoms with E-state index in [1.165, 1.54) is 16.9 Å². The largest absolute Gasteiger partial charge is 0.462 e. The summed E-state index contributed by atoms with van der Waals surface area (Å²) >= 11 is 12.2. The highest BCUT2D eigenvalue weighted by molar-refractivity contribution is 6.31. The molecule has 0 atom stereocenters. The Labute approximate surface area is 197 Å². The van der Waals surface area contributed by atoms with Gasteiger partial charge >= 0.3 is 5.97 Å². The second-order valence-corrected chi connectivity index (χ2v) is 8.10. The average molecular weight is 479 g/mol. The monoisotopic (exact) mass is 478 g/mol. The number of carbonyl (C=O) groups is 1. The molecule has 0 spiro atoms. The van der Waals surface area contributed by atoms with Crippen LogP contribution in [-0.4, -0.2) is 31.5 Å². The maximum Gasteiger partial charge on any atom is 0.345 e. The summed E-state index contributed by atoms with van der Waals surface area (Å²) in [5.41, 5.74) is 2.78. The van der Waals surface area contributed by atoms with E-state index in [-0.39, 0.29) is 12.2 Å². The van der Waals surface area contributed by atoms with Gasteiger partial charge in [-0.05, 0) is 48.9 Å². The molecule has 0 bridgehead atoms. The van der Waals surface area contributed by atoms with Crippen molar-refractivity contribution in [2.75, 3.05) is 6.61 Å². The van der Waals surface area contributed by atoms with E-state index in [2.05, 4.69) is 9.97 Å². The van der Waals surface area contributed by atoms with Crippen molar-refractivity contribution in [1.29, 1.82) is 0 Å². The number of carbonyl (C=O) groups excluding carboxylic acids is 1. The molecule has 2 aromatic carbocycles. The van der Waals surface area contributed by atoms with Gasteiger partial charge in [0.25, 0.3) is 5.56 Å². The second-order valence-electron chi connectivity index (χ2n) is 7.23. The van der Waals surface area contributed by atoms with E-state index < -0.39 is 11.5 Å². The Kier molecular flexibility index (Phi) is 5.36. The summed E-state index contributed by atoms with van der Waals surface area (Å²) in [6, 6.07) is 14.7. The van der Waals surface area contributed by atoms with Crippen LogP contribution in [0.2, 0.25) is 10.0 Å². The van der Waals surface area contributed by atoms with Gasteiger partial charge in [-0.3, -0.25) is 4.79 Å². The van der Waals surface area contributed by atoms with Gasteiger partial charge < -0.3 is 9.30 Å². The molecular formula is C24H16Cl2N4O3. The van der Waals surface area contributed by atoms with Gasteiger partial charge in [0.1, 0.15) is 11.9 Å². The van der Waals surface area contributed by atoms with Crippen LogP contribution in [-0.2, 0) is 4.74 Å². The number of benzene rings is 2. The molecule has 5 rings (SSSR count). The van der Waals surface area contributed by atoms with Gasteiger partial charge in [-0.2, -0.15) is 0 Å². The summed E-state index contributed by atoms with van der Waals surface area (Å²) in [5.74, 6) is -0.721. The minimum absolute atomic E-state index is 0.152. The Hall–Kier alpha value is -3.68. The van der Waals surface area contributed by atoms with Crippen molar-refractivity contribution in [2.45, 2.75) is 6.92 Å². The average Bonchev–Trinajstić information content (AvgIpc) is 3.20. The lowest BCUT2D eigenvalue weighted by atomic mass is 10.1. The Bertz CT molecular complexity index is 1570. The van der Waals surface area contributed by atoms with Crippen molar-refractivity contribution in [3.05, 3.63) is 93.2 Å². The van der Waals surface area contributed by atoms with E-state index >= 15 is 0 Å². The first kappa shape index (κ1) is 21.2. The predicted octanol–water partition coefficient (Wildman–Crippen LogP) is 5.18. The topological polar surface area (TPSA) is 78.5 Å². The highest BCUT2D eigenvalue weighted by Crippen LogP contribution is 2.34. The van der Waals surface area contributed by atoms with Crippen molar-refractivity contribution in [3.8, 4) is 16.8 Å². The first-order chi connectivity index (χ1) is 16.0. The molecule has 7 nitrogen and oxygen atoms in total. The van der Waals surface area contributed by atoms with Crippen molar-refractivity contribution in [1.82, 2.24) is 18.9 Å². The fraction of sp³-hybridized carbons (Fsp3) is 0.0833. The molecule has 0 saturated carbocycles. The smallest absolute Gasteiger partial charge is 0.345 e. The van der Waals surface area contributed by atoms with Crippen molar-refractivity contribution >= 4 is 45.9 Å². The molecule has 0 fully saturated rings. The number of ether oxygens (including phenoxy) is 1. The lowest BCUT2D eigenvalue weighted by Gasteiger charge is -2.07. The number of nitrogens with zero attached hydrogens (tertiary/aromatic N) is 4. The zero-order valence-electron chi connectivity index (χ0n) is 17.3. The fourth-order valence-corrected chi connectivity index (χ4v) is 3.96. The fourth-order valence-electron chi connectivity index (χ4n) is 3.71. The van der Waals surface area contributed by atoms with Crippen LogP contribution in [0.25, 0.3) is 33.5 Å². The van der Waals surface area contributed by atoms with Gasteiger partial charge in [-0.25, -0.2) is 19.2 Å². The number of rotatable bonds is 4. The third-order valence-electron chi connectivity index (χ3n) is 5.25. The molecule has 0 N–H and O–H groups in total. The SMILES string of the molecule is CCOC(=O)c1cnc2c3c(-c4ccc(Cl)cc4)cn(-c4ccc(Cl)cc4)c3ncn2c1=O. The number of hydrogen-bond acceptors (Lipinski definition) is 5. The van der Waals surface area contributed by atoms with E-state index in [0.717, 1.165) is 16.8 Å². The van der Waals surface area contributed by atoms with Crippen LogP contribution in [0.4, 0.5) is 0 Å². The maximum atomic E-state index is 13.0. The molecule has 0 aliphatic heterocycles. The minimum atomic E-state index is -0.721. The lowest BCUT2D eigenvalue weighted by molar-refractivity contribution is 0.0523. The zero-order valence-corrected chi connectivity index (χ0v) is 18.8. The Morgan fingerprint density at radius 3 is 2.30 bits per heavy atom. The highest BCUT2D eigenvalue weighted by atomic mass is 35.5. The molecule has 3 aromatic heterocycles. The van der Waals surface area contributed by atoms with Gasteiger partial charge in [-0.1, -0.05) is 35.3 Å². The van der Waals surface area contributed by atoms with Crippen LogP contribution < -0.4 is 5.56 Å². The summed E-state index contributed by atoms with van der Waals surface area (Å²) in [5, 5.41) is 1.88. The number of halogens is 2. The zero-order chi connectivity index (χ0) is 23.1. The quantitative estimate of drug-likeness (QED) is 0.332. The second kappa shape index (κ2) is 8.35. The van der Waals surface area contributed by atoms with Crippen LogP contribution >= 0.6 is 23.2 Å². The normalized spacial score (nSPS) is 11.2.